The molecule has 3 aromatic rings. The lowest BCUT2D eigenvalue weighted by atomic mass is 10.0. The van der Waals surface area contributed by atoms with Crippen LogP contribution in [0.2, 0.25) is 0 Å². The minimum Gasteiger partial charge on any atom is -0.422 e. The third kappa shape index (κ3) is 3.10. The average molecular weight is 362 g/mol. The number of rotatable bonds is 3. The molecule has 2 amide bonds. The molecule has 4 rings (SSSR count). The zero-order valence-electron chi connectivity index (χ0n) is 14.8. The van der Waals surface area contributed by atoms with E-state index in [0.29, 0.717) is 36.0 Å². The second kappa shape index (κ2) is 6.72. The molecule has 6 heteroatoms. The van der Waals surface area contributed by atoms with Gasteiger partial charge in [-0.1, -0.05) is 18.2 Å². The van der Waals surface area contributed by atoms with E-state index in [1.807, 2.05) is 25.1 Å². The van der Waals surface area contributed by atoms with E-state index >= 15 is 0 Å². The Hall–Kier alpha value is -3.41. The molecule has 1 aliphatic heterocycles. The van der Waals surface area contributed by atoms with Crippen LogP contribution in [0.5, 0.6) is 0 Å². The predicted octanol–water partition coefficient (Wildman–Crippen LogP) is 3.34. The monoisotopic (exact) mass is 362 g/mol. The van der Waals surface area contributed by atoms with E-state index in [1.165, 1.54) is 6.07 Å². The number of nitrogens with one attached hydrogen (secondary N) is 1. The van der Waals surface area contributed by atoms with Crippen molar-refractivity contribution in [1.82, 2.24) is 0 Å². The van der Waals surface area contributed by atoms with Crippen LogP contribution in [0.4, 0.5) is 11.4 Å². The lowest BCUT2D eigenvalue weighted by Crippen LogP contribution is -2.34. The Bertz CT molecular complexity index is 1120. The third-order valence-electron chi connectivity index (χ3n) is 4.74. The first kappa shape index (κ1) is 17.0. The molecule has 1 aromatic heterocycles. The molecule has 1 aliphatic rings. The van der Waals surface area contributed by atoms with Crippen molar-refractivity contribution in [2.45, 2.75) is 19.8 Å². The SMILES string of the molecule is CCN1C(=O)CCc2cc(NC(=O)c3cc4ccccc4oc3=O)ccc21. The van der Waals surface area contributed by atoms with E-state index in [0.717, 1.165) is 11.3 Å². The van der Waals surface area contributed by atoms with E-state index in [-0.39, 0.29) is 11.5 Å². The molecule has 0 saturated heterocycles. The second-order valence-corrected chi connectivity index (χ2v) is 6.42. The smallest absolute Gasteiger partial charge is 0.349 e. The summed E-state index contributed by atoms with van der Waals surface area (Å²) in [5.41, 5.74) is 2.18. The first-order chi connectivity index (χ1) is 13.1. The summed E-state index contributed by atoms with van der Waals surface area (Å²) in [5.74, 6) is -0.413. The lowest BCUT2D eigenvalue weighted by Gasteiger charge is -2.28. The van der Waals surface area contributed by atoms with Gasteiger partial charge in [0.25, 0.3) is 5.91 Å². The maximum Gasteiger partial charge on any atom is 0.349 e. The Morgan fingerprint density at radius 1 is 1.11 bits per heavy atom. The molecule has 0 fully saturated rings. The molecule has 0 saturated carbocycles. The molecule has 6 nitrogen and oxygen atoms in total. The molecule has 0 radical (unpaired) electrons. The minimum atomic E-state index is -0.674. The Morgan fingerprint density at radius 2 is 1.93 bits per heavy atom. The maximum absolute atomic E-state index is 12.6. The molecule has 2 aromatic carbocycles. The highest BCUT2D eigenvalue weighted by Crippen LogP contribution is 2.30. The fourth-order valence-corrected chi connectivity index (χ4v) is 3.40. The Balaban J connectivity index is 1.63. The predicted molar refractivity (Wildman–Crippen MR) is 103 cm³/mol. The number of hydrogen-bond donors (Lipinski definition) is 1. The van der Waals surface area contributed by atoms with Gasteiger partial charge in [0.05, 0.1) is 0 Å². The molecule has 27 heavy (non-hydrogen) atoms. The van der Waals surface area contributed by atoms with Gasteiger partial charge in [0.15, 0.2) is 0 Å². The summed E-state index contributed by atoms with van der Waals surface area (Å²) in [6, 6.07) is 14.0. The highest BCUT2D eigenvalue weighted by Gasteiger charge is 2.23. The molecule has 0 atom stereocenters. The van der Waals surface area contributed by atoms with Crippen LogP contribution in [0.3, 0.4) is 0 Å². The van der Waals surface area contributed by atoms with Crippen molar-refractivity contribution >= 4 is 34.2 Å². The number of benzene rings is 2. The summed E-state index contributed by atoms with van der Waals surface area (Å²) < 4.78 is 5.22. The first-order valence-corrected chi connectivity index (χ1v) is 8.84. The van der Waals surface area contributed by atoms with Gasteiger partial charge in [-0.05, 0) is 49.2 Å². The number of amides is 2. The number of hydrogen-bond acceptors (Lipinski definition) is 4. The van der Waals surface area contributed by atoms with Crippen molar-refractivity contribution < 1.29 is 14.0 Å². The van der Waals surface area contributed by atoms with Crippen LogP contribution in [0.1, 0.15) is 29.3 Å². The summed E-state index contributed by atoms with van der Waals surface area (Å²) >= 11 is 0. The van der Waals surface area contributed by atoms with Crippen LogP contribution >= 0.6 is 0 Å². The molecular weight excluding hydrogens is 344 g/mol. The summed E-state index contributed by atoms with van der Waals surface area (Å²) in [4.78, 5) is 38.5. The number of fused-ring (bicyclic) bond motifs is 2. The number of para-hydroxylation sites is 1. The van der Waals surface area contributed by atoms with E-state index in [2.05, 4.69) is 5.32 Å². The Labute approximate surface area is 155 Å². The number of carbonyl (C=O) groups excluding carboxylic acids is 2. The van der Waals surface area contributed by atoms with Gasteiger partial charge in [0, 0.05) is 29.7 Å². The van der Waals surface area contributed by atoms with Crippen molar-refractivity contribution in [3.05, 3.63) is 70.1 Å². The molecule has 0 bridgehead atoms. The maximum atomic E-state index is 12.6. The van der Waals surface area contributed by atoms with Crippen molar-refractivity contribution in [1.29, 1.82) is 0 Å². The van der Waals surface area contributed by atoms with E-state index in [4.69, 9.17) is 4.42 Å². The van der Waals surface area contributed by atoms with E-state index in [9.17, 15) is 14.4 Å². The fraction of sp³-hybridized carbons (Fsp3) is 0.190. The van der Waals surface area contributed by atoms with Crippen LogP contribution in [0, 0.1) is 0 Å². The summed E-state index contributed by atoms with van der Waals surface area (Å²) in [6.45, 7) is 2.54. The third-order valence-corrected chi connectivity index (χ3v) is 4.74. The number of carbonyl (C=O) groups is 2. The van der Waals surface area contributed by atoms with E-state index < -0.39 is 11.5 Å². The number of anilines is 2. The normalized spacial score (nSPS) is 13.5. The van der Waals surface area contributed by atoms with Gasteiger partial charge in [0.2, 0.25) is 5.91 Å². The largest absolute Gasteiger partial charge is 0.422 e. The molecule has 0 unspecified atom stereocenters. The van der Waals surface area contributed by atoms with Gasteiger partial charge in [-0.2, -0.15) is 0 Å². The van der Waals surface area contributed by atoms with Gasteiger partial charge in [-0.25, -0.2) is 4.79 Å². The van der Waals surface area contributed by atoms with Gasteiger partial charge in [-0.3, -0.25) is 9.59 Å². The standard InChI is InChI=1S/C21H18N2O4/c1-2-23-17-9-8-15(11-13(17)7-10-19(23)24)22-20(25)16-12-14-5-3-4-6-18(14)27-21(16)26/h3-6,8-9,11-12H,2,7,10H2,1H3,(H,22,25). The van der Waals surface area contributed by atoms with Crippen LogP contribution < -0.4 is 15.8 Å². The zero-order chi connectivity index (χ0) is 19.0. The van der Waals surface area contributed by atoms with Crippen LogP contribution in [0.15, 0.2) is 57.7 Å². The highest BCUT2D eigenvalue weighted by molar-refractivity contribution is 6.06. The quantitative estimate of drug-likeness (QED) is 0.725. The van der Waals surface area contributed by atoms with Crippen LogP contribution in [-0.2, 0) is 11.2 Å². The summed E-state index contributed by atoms with van der Waals surface area (Å²) in [7, 11) is 0. The van der Waals surface area contributed by atoms with Gasteiger partial charge in [-0.15, -0.1) is 0 Å². The minimum absolute atomic E-state index is 0.0446. The van der Waals surface area contributed by atoms with Crippen molar-refractivity contribution in [2.24, 2.45) is 0 Å². The highest BCUT2D eigenvalue weighted by atomic mass is 16.4. The molecular formula is C21H18N2O4. The Morgan fingerprint density at radius 3 is 2.74 bits per heavy atom. The second-order valence-electron chi connectivity index (χ2n) is 6.42. The van der Waals surface area contributed by atoms with Crippen molar-refractivity contribution in [3.8, 4) is 0 Å². The summed E-state index contributed by atoms with van der Waals surface area (Å²) in [5, 5.41) is 3.44. The van der Waals surface area contributed by atoms with Gasteiger partial charge >= 0.3 is 5.63 Å². The van der Waals surface area contributed by atoms with Gasteiger partial charge < -0.3 is 14.6 Å². The molecule has 136 valence electrons. The average Bonchev–Trinajstić information content (AvgIpc) is 2.67. The molecule has 1 N–H and O–H groups in total. The molecule has 0 aliphatic carbocycles. The van der Waals surface area contributed by atoms with Crippen molar-refractivity contribution in [3.63, 3.8) is 0 Å². The lowest BCUT2D eigenvalue weighted by molar-refractivity contribution is -0.118. The van der Waals surface area contributed by atoms with Crippen LogP contribution in [0.25, 0.3) is 11.0 Å². The topological polar surface area (TPSA) is 79.6 Å². The summed E-state index contributed by atoms with van der Waals surface area (Å²) in [6.07, 6.45) is 1.08. The zero-order valence-corrected chi connectivity index (χ0v) is 14.8. The molecule has 0 spiro atoms. The fourth-order valence-electron chi connectivity index (χ4n) is 3.40. The first-order valence-electron chi connectivity index (χ1n) is 8.84. The van der Waals surface area contributed by atoms with Crippen LogP contribution in [-0.4, -0.2) is 18.4 Å². The van der Waals surface area contributed by atoms with Gasteiger partial charge in [0.1, 0.15) is 11.1 Å². The van der Waals surface area contributed by atoms with E-state index in [1.54, 1.807) is 29.2 Å². The Kier molecular flexibility index (Phi) is 4.24. The number of nitrogens with zero attached hydrogens (tertiary/aromatic N) is 1. The van der Waals surface area contributed by atoms with Crippen molar-refractivity contribution in [2.75, 3.05) is 16.8 Å². The number of aryl methyl sites for hydroxylation is 1. The molecule has 2 heterocycles.